The average molecular weight is 244 g/mol. The Morgan fingerprint density at radius 1 is 1.25 bits per heavy atom. The van der Waals surface area contributed by atoms with Crippen molar-refractivity contribution in [3.8, 4) is 11.5 Å². The summed E-state index contributed by atoms with van der Waals surface area (Å²) in [4.78, 5) is 7.05. The van der Waals surface area contributed by atoms with Crippen LogP contribution < -0.4 is 0 Å². The first-order valence-electron chi connectivity index (χ1n) is 4.62. The third-order valence-electron chi connectivity index (χ3n) is 1.50. The molecule has 0 saturated heterocycles. The Kier molecular flexibility index (Phi) is 3.38. The summed E-state index contributed by atoms with van der Waals surface area (Å²) in [5.41, 5.74) is 1.96. The lowest BCUT2D eigenvalue weighted by Crippen LogP contribution is -2.16. The molecule has 16 heavy (non-hydrogen) atoms. The number of halogens is 3. The van der Waals surface area contributed by atoms with Crippen LogP contribution in [0.2, 0.25) is 19.6 Å². The number of hydrogen-bond acceptors (Lipinski definition) is 2. The van der Waals surface area contributed by atoms with E-state index in [9.17, 15) is 13.2 Å². The number of alkyl halides is 3. The second-order valence-electron chi connectivity index (χ2n) is 4.26. The third kappa shape index (κ3) is 4.02. The summed E-state index contributed by atoms with van der Waals surface area (Å²) in [5.74, 6) is 2.51. The number of rotatable bonds is 0. The van der Waals surface area contributed by atoms with Crippen LogP contribution in [0.15, 0.2) is 12.3 Å². The molecule has 0 unspecified atom stereocenters. The van der Waals surface area contributed by atoms with Gasteiger partial charge in [-0.05, 0) is 12.0 Å². The zero-order valence-corrected chi connectivity index (χ0v) is 10.2. The lowest BCUT2D eigenvalue weighted by atomic mass is 10.4. The van der Waals surface area contributed by atoms with Crippen LogP contribution in [-0.4, -0.2) is 18.0 Å². The molecular formula is C10H11F3N2Si. The van der Waals surface area contributed by atoms with Gasteiger partial charge in [-0.2, -0.15) is 13.2 Å². The van der Waals surface area contributed by atoms with Crippen LogP contribution in [0.25, 0.3) is 0 Å². The maximum Gasteiger partial charge on any atom is 0.433 e. The zero-order valence-electron chi connectivity index (χ0n) is 9.18. The van der Waals surface area contributed by atoms with E-state index in [1.54, 1.807) is 0 Å². The second kappa shape index (κ2) is 4.26. The Bertz CT molecular complexity index is 438. The number of nitrogens with zero attached hydrogens (tertiary/aromatic N) is 2. The molecule has 1 rings (SSSR count). The van der Waals surface area contributed by atoms with Gasteiger partial charge < -0.3 is 0 Å². The minimum absolute atomic E-state index is 0.0720. The van der Waals surface area contributed by atoms with Crippen molar-refractivity contribution < 1.29 is 13.2 Å². The molecule has 0 aliphatic rings. The molecule has 0 aliphatic heterocycles. The van der Waals surface area contributed by atoms with E-state index in [4.69, 9.17) is 0 Å². The molecule has 0 bridgehead atoms. The maximum atomic E-state index is 12.3. The van der Waals surface area contributed by atoms with Gasteiger partial charge in [0.25, 0.3) is 0 Å². The largest absolute Gasteiger partial charge is 0.433 e. The molecular weight excluding hydrogens is 233 g/mol. The SMILES string of the molecule is C[Si](C)(C)C#Cc1nccc(C(F)(F)F)n1. The van der Waals surface area contributed by atoms with Crippen LogP contribution in [0.4, 0.5) is 13.2 Å². The van der Waals surface area contributed by atoms with Gasteiger partial charge >= 0.3 is 6.18 Å². The lowest BCUT2D eigenvalue weighted by Gasteiger charge is -2.05. The van der Waals surface area contributed by atoms with Gasteiger partial charge in [-0.1, -0.05) is 19.6 Å². The van der Waals surface area contributed by atoms with Crippen LogP contribution in [-0.2, 0) is 6.18 Å². The molecule has 0 N–H and O–H groups in total. The molecule has 0 fully saturated rings. The fraction of sp³-hybridized carbons (Fsp3) is 0.400. The highest BCUT2D eigenvalue weighted by Gasteiger charge is 2.32. The summed E-state index contributed by atoms with van der Waals surface area (Å²) in [6, 6.07) is 0.833. The van der Waals surface area contributed by atoms with Gasteiger partial charge in [0.05, 0.1) is 0 Å². The van der Waals surface area contributed by atoms with Gasteiger partial charge in [0.2, 0.25) is 5.82 Å². The molecule has 0 spiro atoms. The van der Waals surface area contributed by atoms with Gasteiger partial charge in [0, 0.05) is 6.20 Å². The molecule has 0 amide bonds. The molecule has 0 aromatic carbocycles. The predicted molar refractivity (Wildman–Crippen MR) is 57.3 cm³/mol. The first-order chi connectivity index (χ1) is 7.18. The standard InChI is InChI=1S/C10H11F3N2Si/c1-16(2,3)7-5-9-14-6-4-8(15-9)10(11,12)13/h4,6H,1-3H3. The fourth-order valence-corrected chi connectivity index (χ4v) is 1.31. The molecule has 1 aromatic rings. The van der Waals surface area contributed by atoms with Crippen LogP contribution in [0.1, 0.15) is 11.5 Å². The minimum atomic E-state index is -4.45. The van der Waals surface area contributed by atoms with E-state index in [0.717, 1.165) is 12.3 Å². The second-order valence-corrected chi connectivity index (χ2v) is 9.01. The molecule has 1 aromatic heterocycles. The summed E-state index contributed by atoms with van der Waals surface area (Å²) in [7, 11) is -1.63. The van der Waals surface area contributed by atoms with Gasteiger partial charge in [0.15, 0.2) is 0 Å². The molecule has 6 heteroatoms. The van der Waals surface area contributed by atoms with Crippen LogP contribution in [0, 0.1) is 11.5 Å². The van der Waals surface area contributed by atoms with E-state index < -0.39 is 19.9 Å². The lowest BCUT2D eigenvalue weighted by molar-refractivity contribution is -0.141. The smallest absolute Gasteiger partial charge is 0.229 e. The normalized spacial score (nSPS) is 11.9. The van der Waals surface area contributed by atoms with E-state index in [1.165, 1.54) is 0 Å². The molecule has 1 heterocycles. The van der Waals surface area contributed by atoms with Crippen molar-refractivity contribution in [1.82, 2.24) is 9.97 Å². The van der Waals surface area contributed by atoms with Crippen molar-refractivity contribution >= 4 is 8.07 Å². The molecule has 0 radical (unpaired) electrons. The minimum Gasteiger partial charge on any atom is -0.229 e. The first-order valence-corrected chi connectivity index (χ1v) is 8.12. The van der Waals surface area contributed by atoms with Gasteiger partial charge in [-0.3, -0.25) is 0 Å². The molecule has 2 nitrogen and oxygen atoms in total. The fourth-order valence-electron chi connectivity index (χ4n) is 0.820. The third-order valence-corrected chi connectivity index (χ3v) is 2.37. The monoisotopic (exact) mass is 244 g/mol. The summed E-state index contributed by atoms with van der Waals surface area (Å²) >= 11 is 0. The van der Waals surface area contributed by atoms with Gasteiger partial charge in [-0.15, -0.1) is 5.54 Å². The Morgan fingerprint density at radius 2 is 1.88 bits per heavy atom. The summed E-state index contributed by atoms with van der Waals surface area (Å²) in [6.07, 6.45) is -3.37. The Balaban J connectivity index is 3.04. The highest BCUT2D eigenvalue weighted by Crippen LogP contribution is 2.26. The molecule has 0 atom stereocenters. The quantitative estimate of drug-likeness (QED) is 0.518. The van der Waals surface area contributed by atoms with E-state index in [-0.39, 0.29) is 5.82 Å². The summed E-state index contributed by atoms with van der Waals surface area (Å²) in [6.45, 7) is 5.98. The van der Waals surface area contributed by atoms with Crippen molar-refractivity contribution in [2.24, 2.45) is 0 Å². The van der Waals surface area contributed by atoms with E-state index in [0.29, 0.717) is 0 Å². The Labute approximate surface area is 92.9 Å². The van der Waals surface area contributed by atoms with E-state index >= 15 is 0 Å². The Hall–Kier alpha value is -1.35. The molecule has 0 saturated carbocycles. The van der Waals surface area contributed by atoms with E-state index in [2.05, 4.69) is 21.4 Å². The van der Waals surface area contributed by atoms with Crippen molar-refractivity contribution in [3.63, 3.8) is 0 Å². The van der Waals surface area contributed by atoms with E-state index in [1.807, 2.05) is 19.6 Å². The highest BCUT2D eigenvalue weighted by molar-refractivity contribution is 6.83. The van der Waals surface area contributed by atoms with Crippen molar-refractivity contribution in [3.05, 3.63) is 23.8 Å². The number of hydrogen-bond donors (Lipinski definition) is 0. The zero-order chi connectivity index (χ0) is 12.4. The van der Waals surface area contributed by atoms with Gasteiger partial charge in [0.1, 0.15) is 13.8 Å². The average Bonchev–Trinajstić information content (AvgIpc) is 2.13. The predicted octanol–water partition coefficient (Wildman–Crippen LogP) is 2.72. The summed E-state index contributed by atoms with van der Waals surface area (Å²) in [5, 5.41) is 0. The highest BCUT2D eigenvalue weighted by atomic mass is 28.3. The van der Waals surface area contributed by atoms with Crippen LogP contribution in [0.3, 0.4) is 0 Å². The van der Waals surface area contributed by atoms with Crippen LogP contribution in [0.5, 0.6) is 0 Å². The van der Waals surface area contributed by atoms with Crippen molar-refractivity contribution in [2.45, 2.75) is 25.8 Å². The van der Waals surface area contributed by atoms with Crippen LogP contribution >= 0.6 is 0 Å². The van der Waals surface area contributed by atoms with Gasteiger partial charge in [-0.25, -0.2) is 9.97 Å². The molecule has 0 aliphatic carbocycles. The molecule has 86 valence electrons. The summed E-state index contributed by atoms with van der Waals surface area (Å²) < 4.78 is 36.9. The first kappa shape index (κ1) is 12.7. The van der Waals surface area contributed by atoms with Crippen molar-refractivity contribution in [1.29, 1.82) is 0 Å². The Morgan fingerprint density at radius 3 is 2.38 bits per heavy atom. The maximum absolute atomic E-state index is 12.3. The van der Waals surface area contributed by atoms with Crippen molar-refractivity contribution in [2.75, 3.05) is 0 Å². The number of aromatic nitrogens is 2. The topological polar surface area (TPSA) is 25.8 Å².